The Morgan fingerprint density at radius 1 is 0.816 bits per heavy atom. The van der Waals surface area contributed by atoms with Crippen LogP contribution in [0.2, 0.25) is 0 Å². The zero-order valence-electron chi connectivity index (χ0n) is 22.4. The van der Waals surface area contributed by atoms with Gasteiger partial charge >= 0.3 is 0 Å². The van der Waals surface area contributed by atoms with Crippen molar-refractivity contribution in [2.75, 3.05) is 26.1 Å². The maximum atomic E-state index is 11.4. The molecule has 1 heterocycles. The van der Waals surface area contributed by atoms with Crippen LogP contribution in [-0.4, -0.2) is 36.5 Å². The van der Waals surface area contributed by atoms with E-state index in [1.807, 2.05) is 30.3 Å². The monoisotopic (exact) mass is 506 g/mol. The van der Waals surface area contributed by atoms with Crippen LogP contribution >= 0.6 is 0 Å². The first-order valence-electron chi connectivity index (χ1n) is 12.9. The molecule has 0 amide bonds. The number of methoxy groups -OCH3 is 2. The van der Waals surface area contributed by atoms with Crippen LogP contribution in [0.3, 0.4) is 0 Å². The number of anilines is 1. The van der Waals surface area contributed by atoms with E-state index in [1.165, 1.54) is 22.1 Å². The third-order valence-corrected chi connectivity index (χ3v) is 6.93. The van der Waals surface area contributed by atoms with Gasteiger partial charge in [0.15, 0.2) is 0 Å². The van der Waals surface area contributed by atoms with Crippen molar-refractivity contribution in [3.63, 3.8) is 0 Å². The fraction of sp³-hybridized carbons (Fsp3) is 0.212. The minimum absolute atomic E-state index is 0.350. The SMILES string of the molecule is COc1ccc(OC)c(NCC(O)Cn2c(-c3ccccc3)c(-c3ccccc3)c3cc(C)cc(C)c32)c1. The molecule has 0 aliphatic heterocycles. The van der Waals surface area contributed by atoms with Crippen molar-refractivity contribution in [1.29, 1.82) is 0 Å². The second kappa shape index (κ2) is 11.0. The Kier molecular flexibility index (Phi) is 7.38. The average molecular weight is 507 g/mol. The van der Waals surface area contributed by atoms with Gasteiger partial charge in [-0.15, -0.1) is 0 Å². The normalized spacial score (nSPS) is 11.9. The fourth-order valence-electron chi connectivity index (χ4n) is 5.31. The molecule has 0 saturated carbocycles. The topological polar surface area (TPSA) is 55.6 Å². The summed E-state index contributed by atoms with van der Waals surface area (Å²) in [6.45, 7) is 5.07. The lowest BCUT2D eigenvalue weighted by molar-refractivity contribution is 0.168. The van der Waals surface area contributed by atoms with Crippen molar-refractivity contribution >= 4 is 16.6 Å². The van der Waals surface area contributed by atoms with Crippen LogP contribution in [0.1, 0.15) is 11.1 Å². The number of aryl methyl sites for hydroxylation is 2. The Bertz CT molecular complexity index is 1540. The van der Waals surface area contributed by atoms with E-state index in [1.54, 1.807) is 14.2 Å². The Morgan fingerprint density at radius 2 is 1.50 bits per heavy atom. The van der Waals surface area contributed by atoms with Crippen LogP contribution in [0.4, 0.5) is 5.69 Å². The second-order valence-corrected chi connectivity index (χ2v) is 9.65. The smallest absolute Gasteiger partial charge is 0.142 e. The Morgan fingerprint density at radius 3 is 2.16 bits per heavy atom. The van der Waals surface area contributed by atoms with Crippen molar-refractivity contribution in [2.45, 2.75) is 26.5 Å². The number of rotatable bonds is 9. The molecule has 38 heavy (non-hydrogen) atoms. The summed E-state index contributed by atoms with van der Waals surface area (Å²) < 4.78 is 13.2. The third kappa shape index (κ3) is 4.98. The number of hydrogen-bond acceptors (Lipinski definition) is 4. The van der Waals surface area contributed by atoms with E-state index < -0.39 is 6.10 Å². The quantitative estimate of drug-likeness (QED) is 0.224. The molecule has 1 atom stereocenters. The molecule has 2 N–H and O–H groups in total. The summed E-state index contributed by atoms with van der Waals surface area (Å²) in [7, 11) is 3.27. The van der Waals surface area contributed by atoms with Gasteiger partial charge in [0.1, 0.15) is 11.5 Å². The molecule has 0 aliphatic rings. The Balaban J connectivity index is 1.60. The van der Waals surface area contributed by atoms with Crippen LogP contribution in [0.15, 0.2) is 91.0 Å². The lowest BCUT2D eigenvalue weighted by atomic mass is 9.97. The highest BCUT2D eigenvalue weighted by molar-refractivity contribution is 6.06. The minimum Gasteiger partial charge on any atom is -0.497 e. The largest absolute Gasteiger partial charge is 0.497 e. The van der Waals surface area contributed by atoms with E-state index in [0.717, 1.165) is 33.8 Å². The fourth-order valence-corrected chi connectivity index (χ4v) is 5.31. The first-order chi connectivity index (χ1) is 18.5. The van der Waals surface area contributed by atoms with Gasteiger partial charge in [-0.3, -0.25) is 0 Å². The molecule has 5 nitrogen and oxygen atoms in total. The van der Waals surface area contributed by atoms with Crippen molar-refractivity contribution in [1.82, 2.24) is 4.57 Å². The van der Waals surface area contributed by atoms with Crippen molar-refractivity contribution in [3.05, 3.63) is 102 Å². The summed E-state index contributed by atoms with van der Waals surface area (Å²) in [6, 6.07) is 31.1. The highest BCUT2D eigenvalue weighted by Gasteiger charge is 2.23. The number of hydrogen-bond donors (Lipinski definition) is 2. The maximum Gasteiger partial charge on any atom is 0.142 e. The number of aliphatic hydroxyl groups is 1. The van der Waals surface area contributed by atoms with Crippen LogP contribution in [0.5, 0.6) is 11.5 Å². The minimum atomic E-state index is -0.659. The molecular formula is C33H34N2O3. The van der Waals surface area contributed by atoms with Gasteiger partial charge in [0.25, 0.3) is 0 Å². The average Bonchev–Trinajstić information content (AvgIpc) is 3.26. The van der Waals surface area contributed by atoms with Gasteiger partial charge in [0.05, 0.1) is 43.8 Å². The van der Waals surface area contributed by atoms with Gasteiger partial charge in [0, 0.05) is 23.6 Å². The van der Waals surface area contributed by atoms with Crippen LogP contribution in [0, 0.1) is 13.8 Å². The third-order valence-electron chi connectivity index (χ3n) is 6.93. The Labute approximate surface area is 224 Å². The molecule has 0 bridgehead atoms. The molecule has 5 rings (SSSR count). The number of aliphatic hydroxyl groups excluding tert-OH is 1. The highest BCUT2D eigenvalue weighted by Crippen LogP contribution is 2.42. The van der Waals surface area contributed by atoms with Crippen LogP contribution < -0.4 is 14.8 Å². The molecule has 0 saturated heterocycles. The zero-order chi connectivity index (χ0) is 26.6. The molecular weight excluding hydrogens is 472 g/mol. The van der Waals surface area contributed by atoms with Gasteiger partial charge in [-0.05, 0) is 48.7 Å². The first-order valence-corrected chi connectivity index (χ1v) is 12.9. The van der Waals surface area contributed by atoms with Gasteiger partial charge in [-0.2, -0.15) is 0 Å². The molecule has 0 fully saturated rings. The molecule has 1 unspecified atom stereocenters. The van der Waals surface area contributed by atoms with Crippen molar-refractivity contribution in [2.24, 2.45) is 0 Å². The number of aromatic nitrogens is 1. The highest BCUT2D eigenvalue weighted by atomic mass is 16.5. The van der Waals surface area contributed by atoms with Crippen molar-refractivity contribution < 1.29 is 14.6 Å². The molecule has 5 heteroatoms. The number of nitrogens with one attached hydrogen (secondary N) is 1. The Hall–Kier alpha value is -4.22. The summed E-state index contributed by atoms with van der Waals surface area (Å²) >= 11 is 0. The van der Waals surface area contributed by atoms with Crippen molar-refractivity contribution in [3.8, 4) is 33.9 Å². The molecule has 1 aromatic heterocycles. The van der Waals surface area contributed by atoms with Gasteiger partial charge in [-0.1, -0.05) is 72.3 Å². The van der Waals surface area contributed by atoms with Gasteiger partial charge in [0.2, 0.25) is 0 Å². The van der Waals surface area contributed by atoms with E-state index in [0.29, 0.717) is 18.8 Å². The molecule has 5 aromatic rings. The summed E-state index contributed by atoms with van der Waals surface area (Å²) in [4.78, 5) is 0. The number of benzene rings is 4. The second-order valence-electron chi connectivity index (χ2n) is 9.65. The van der Waals surface area contributed by atoms with Gasteiger partial charge < -0.3 is 24.5 Å². The van der Waals surface area contributed by atoms with E-state index in [-0.39, 0.29) is 0 Å². The first kappa shape index (κ1) is 25.4. The van der Waals surface area contributed by atoms with Crippen LogP contribution in [-0.2, 0) is 6.54 Å². The summed E-state index contributed by atoms with van der Waals surface area (Å²) in [5.74, 6) is 1.43. The molecule has 4 aromatic carbocycles. The summed E-state index contributed by atoms with van der Waals surface area (Å²) in [6.07, 6.45) is -0.659. The maximum absolute atomic E-state index is 11.4. The lowest BCUT2D eigenvalue weighted by Crippen LogP contribution is -2.25. The predicted molar refractivity (Wildman–Crippen MR) is 156 cm³/mol. The zero-order valence-corrected chi connectivity index (χ0v) is 22.4. The number of ether oxygens (including phenoxy) is 2. The lowest BCUT2D eigenvalue weighted by Gasteiger charge is -2.19. The molecule has 0 spiro atoms. The van der Waals surface area contributed by atoms with Gasteiger partial charge in [-0.25, -0.2) is 0 Å². The summed E-state index contributed by atoms with van der Waals surface area (Å²) in [5.41, 5.74) is 8.91. The standard InChI is InChI=1S/C33H34N2O3/c1-22-17-23(2)32-28(18-22)31(24-11-7-5-8-12-24)33(25-13-9-6-10-14-25)35(32)21-26(36)20-34-29-19-27(37-3)15-16-30(29)38-4/h5-19,26,34,36H,20-21H2,1-4H3. The van der Waals surface area contributed by atoms with E-state index in [9.17, 15) is 5.11 Å². The predicted octanol–water partition coefficient (Wildman–Crippen LogP) is 7.08. The molecule has 194 valence electrons. The number of fused-ring (bicyclic) bond motifs is 1. The van der Waals surface area contributed by atoms with Crippen LogP contribution in [0.25, 0.3) is 33.3 Å². The van der Waals surface area contributed by atoms with E-state index in [2.05, 4.69) is 84.4 Å². The molecule has 0 aliphatic carbocycles. The summed E-state index contributed by atoms with van der Waals surface area (Å²) in [5, 5.41) is 15.9. The molecule has 0 radical (unpaired) electrons. The van der Waals surface area contributed by atoms with E-state index in [4.69, 9.17) is 9.47 Å². The van der Waals surface area contributed by atoms with E-state index >= 15 is 0 Å². The number of nitrogens with zero attached hydrogens (tertiary/aromatic N) is 1.